The summed E-state index contributed by atoms with van der Waals surface area (Å²) < 4.78 is 26.9. The van der Waals surface area contributed by atoms with Crippen molar-refractivity contribution in [3.05, 3.63) is 81.6 Å². The molecule has 2 aromatic carbocycles. The molecule has 0 radical (unpaired) electrons. The topological polar surface area (TPSA) is 37.8 Å². The van der Waals surface area contributed by atoms with Crippen LogP contribution in [0.4, 0.5) is 8.78 Å². The predicted molar refractivity (Wildman–Crippen MR) is 106 cm³/mol. The standard InChI is InChI=1S/C20H15F2N3S2/c21-14-7-5-13(6-8-14)20-24-15(11-27-20)9-23-10-19-25-18(12-26-19)16-3-1-2-4-17(16)22/h1-8,11-12,23H,9-10H2. The largest absolute Gasteiger partial charge is 0.305 e. The lowest BCUT2D eigenvalue weighted by molar-refractivity contribution is 0.628. The number of benzene rings is 2. The highest BCUT2D eigenvalue weighted by Gasteiger charge is 2.09. The van der Waals surface area contributed by atoms with Crippen LogP contribution in [0.25, 0.3) is 21.8 Å². The fourth-order valence-corrected chi connectivity index (χ4v) is 4.19. The van der Waals surface area contributed by atoms with Crippen LogP contribution in [0.2, 0.25) is 0 Å². The minimum atomic E-state index is -0.266. The average Bonchev–Trinajstić information content (AvgIpc) is 3.33. The van der Waals surface area contributed by atoms with E-state index in [1.165, 1.54) is 40.9 Å². The van der Waals surface area contributed by atoms with Crippen LogP contribution < -0.4 is 5.32 Å². The molecule has 4 rings (SSSR count). The Morgan fingerprint density at radius 2 is 1.67 bits per heavy atom. The maximum Gasteiger partial charge on any atom is 0.132 e. The highest BCUT2D eigenvalue weighted by atomic mass is 32.1. The number of aromatic nitrogens is 2. The van der Waals surface area contributed by atoms with Gasteiger partial charge in [0.1, 0.15) is 21.6 Å². The summed E-state index contributed by atoms with van der Waals surface area (Å²) in [5.41, 5.74) is 3.00. The van der Waals surface area contributed by atoms with Crippen molar-refractivity contribution in [2.45, 2.75) is 13.1 Å². The van der Waals surface area contributed by atoms with Crippen LogP contribution >= 0.6 is 22.7 Å². The lowest BCUT2D eigenvalue weighted by Gasteiger charge is -2.00. The van der Waals surface area contributed by atoms with E-state index in [1.807, 2.05) is 10.8 Å². The van der Waals surface area contributed by atoms with Crippen LogP contribution in [0.15, 0.2) is 59.3 Å². The van der Waals surface area contributed by atoms with E-state index in [2.05, 4.69) is 15.3 Å². The molecule has 2 aromatic heterocycles. The Balaban J connectivity index is 1.35. The van der Waals surface area contributed by atoms with E-state index >= 15 is 0 Å². The van der Waals surface area contributed by atoms with Crippen LogP contribution in [0.1, 0.15) is 10.7 Å². The number of nitrogens with one attached hydrogen (secondary N) is 1. The quantitative estimate of drug-likeness (QED) is 0.465. The van der Waals surface area contributed by atoms with Gasteiger partial charge in [-0.25, -0.2) is 18.7 Å². The summed E-state index contributed by atoms with van der Waals surface area (Å²) in [6.45, 7) is 1.19. The molecule has 0 unspecified atom stereocenters. The summed E-state index contributed by atoms with van der Waals surface area (Å²) in [7, 11) is 0. The van der Waals surface area contributed by atoms with Gasteiger partial charge in [0.25, 0.3) is 0 Å². The molecule has 4 aromatic rings. The zero-order valence-corrected chi connectivity index (χ0v) is 15.8. The minimum Gasteiger partial charge on any atom is -0.305 e. The molecule has 0 aliphatic heterocycles. The second-order valence-electron chi connectivity index (χ2n) is 5.86. The number of nitrogens with zero attached hydrogens (tertiary/aromatic N) is 2. The molecule has 2 heterocycles. The third-order valence-corrected chi connectivity index (χ3v) is 5.72. The zero-order valence-electron chi connectivity index (χ0n) is 14.2. The number of rotatable bonds is 6. The molecular formula is C20H15F2N3S2. The molecule has 0 atom stereocenters. The first kappa shape index (κ1) is 17.9. The smallest absolute Gasteiger partial charge is 0.132 e. The maximum absolute atomic E-state index is 13.8. The van der Waals surface area contributed by atoms with Gasteiger partial charge in [0.05, 0.1) is 11.4 Å². The second kappa shape index (κ2) is 8.04. The fraction of sp³-hybridized carbons (Fsp3) is 0.100. The molecule has 0 aliphatic rings. The monoisotopic (exact) mass is 399 g/mol. The molecular weight excluding hydrogens is 384 g/mol. The van der Waals surface area contributed by atoms with E-state index in [9.17, 15) is 8.78 Å². The van der Waals surface area contributed by atoms with Crippen molar-refractivity contribution in [2.75, 3.05) is 0 Å². The van der Waals surface area contributed by atoms with Crippen molar-refractivity contribution in [1.82, 2.24) is 15.3 Å². The molecule has 0 fully saturated rings. The first-order valence-corrected chi connectivity index (χ1v) is 10.1. The minimum absolute atomic E-state index is 0.254. The SMILES string of the molecule is Fc1ccc(-c2nc(CNCc3nc(-c4ccccc4F)cs3)cs2)cc1. The van der Waals surface area contributed by atoms with Crippen molar-refractivity contribution in [1.29, 1.82) is 0 Å². The highest BCUT2D eigenvalue weighted by molar-refractivity contribution is 7.13. The van der Waals surface area contributed by atoms with Gasteiger partial charge in [-0.05, 0) is 36.4 Å². The molecule has 0 bridgehead atoms. The first-order chi connectivity index (χ1) is 13.2. The van der Waals surface area contributed by atoms with E-state index < -0.39 is 0 Å². The third kappa shape index (κ3) is 4.27. The van der Waals surface area contributed by atoms with Gasteiger partial charge in [-0.1, -0.05) is 12.1 Å². The molecule has 0 spiro atoms. The molecule has 1 N–H and O–H groups in total. The fourth-order valence-electron chi connectivity index (χ4n) is 2.60. The zero-order chi connectivity index (χ0) is 18.6. The highest BCUT2D eigenvalue weighted by Crippen LogP contribution is 2.25. The average molecular weight is 399 g/mol. The van der Waals surface area contributed by atoms with Gasteiger partial charge in [0, 0.05) is 35.0 Å². The van der Waals surface area contributed by atoms with E-state index in [0.717, 1.165) is 21.3 Å². The molecule has 0 saturated heterocycles. The van der Waals surface area contributed by atoms with Crippen LogP contribution in [0, 0.1) is 11.6 Å². The third-order valence-electron chi connectivity index (χ3n) is 3.93. The number of halogens is 2. The molecule has 0 aliphatic carbocycles. The molecule has 7 heteroatoms. The number of thiazole rings is 2. The van der Waals surface area contributed by atoms with Crippen molar-refractivity contribution in [3.63, 3.8) is 0 Å². The van der Waals surface area contributed by atoms with Crippen molar-refractivity contribution < 1.29 is 8.78 Å². The summed E-state index contributed by atoms with van der Waals surface area (Å²) in [4.78, 5) is 9.07. The number of hydrogen-bond acceptors (Lipinski definition) is 5. The van der Waals surface area contributed by atoms with Gasteiger partial charge in [-0.2, -0.15) is 0 Å². The lowest BCUT2D eigenvalue weighted by atomic mass is 10.2. The summed E-state index contributed by atoms with van der Waals surface area (Å²) in [5.74, 6) is -0.520. The Morgan fingerprint density at radius 1 is 0.852 bits per heavy atom. The Labute approximate surface area is 163 Å². The summed E-state index contributed by atoms with van der Waals surface area (Å²) in [5, 5.41) is 8.91. The summed E-state index contributed by atoms with van der Waals surface area (Å²) >= 11 is 3.03. The van der Waals surface area contributed by atoms with E-state index in [1.54, 1.807) is 30.3 Å². The van der Waals surface area contributed by atoms with Crippen LogP contribution in [-0.2, 0) is 13.1 Å². The van der Waals surface area contributed by atoms with Crippen molar-refractivity contribution in [3.8, 4) is 21.8 Å². The Morgan fingerprint density at radius 3 is 2.48 bits per heavy atom. The second-order valence-corrected chi connectivity index (χ2v) is 7.66. The van der Waals surface area contributed by atoms with Crippen LogP contribution in [0.5, 0.6) is 0 Å². The van der Waals surface area contributed by atoms with E-state index in [-0.39, 0.29) is 11.6 Å². The molecule has 0 amide bonds. The Hall–Kier alpha value is -2.48. The van der Waals surface area contributed by atoms with E-state index in [0.29, 0.717) is 24.3 Å². The van der Waals surface area contributed by atoms with Crippen molar-refractivity contribution >= 4 is 22.7 Å². The van der Waals surface area contributed by atoms with Gasteiger partial charge >= 0.3 is 0 Å². The van der Waals surface area contributed by atoms with Crippen LogP contribution in [-0.4, -0.2) is 9.97 Å². The first-order valence-electron chi connectivity index (χ1n) is 8.29. The molecule has 136 valence electrons. The van der Waals surface area contributed by atoms with Gasteiger partial charge in [-0.3, -0.25) is 0 Å². The Bertz CT molecular complexity index is 1040. The summed E-state index contributed by atoms with van der Waals surface area (Å²) in [6.07, 6.45) is 0. The Kier molecular flexibility index (Phi) is 5.33. The van der Waals surface area contributed by atoms with Crippen LogP contribution in [0.3, 0.4) is 0 Å². The van der Waals surface area contributed by atoms with Gasteiger partial charge in [0.2, 0.25) is 0 Å². The maximum atomic E-state index is 13.8. The van der Waals surface area contributed by atoms with E-state index in [4.69, 9.17) is 0 Å². The lowest BCUT2D eigenvalue weighted by Crippen LogP contribution is -2.12. The molecule has 3 nitrogen and oxygen atoms in total. The normalized spacial score (nSPS) is 11.0. The summed E-state index contributed by atoms with van der Waals surface area (Å²) in [6, 6.07) is 13.0. The van der Waals surface area contributed by atoms with Gasteiger partial charge in [-0.15, -0.1) is 22.7 Å². The molecule has 0 saturated carbocycles. The van der Waals surface area contributed by atoms with Gasteiger partial charge in [0.15, 0.2) is 0 Å². The predicted octanol–water partition coefficient (Wildman–Crippen LogP) is 5.50. The van der Waals surface area contributed by atoms with Gasteiger partial charge < -0.3 is 5.32 Å². The molecule has 27 heavy (non-hydrogen) atoms. The van der Waals surface area contributed by atoms with Crippen molar-refractivity contribution in [2.24, 2.45) is 0 Å². The number of hydrogen-bond donors (Lipinski definition) is 1.